The van der Waals surface area contributed by atoms with Crippen molar-refractivity contribution >= 4 is 39.4 Å². The fourth-order valence-electron chi connectivity index (χ4n) is 1.51. The van der Waals surface area contributed by atoms with Crippen LogP contribution in [0.25, 0.3) is 0 Å². The molecule has 3 nitrogen and oxygen atoms in total. The fourth-order valence-corrected chi connectivity index (χ4v) is 2.81. The molecule has 0 atom stereocenters. The van der Waals surface area contributed by atoms with Crippen LogP contribution in [0.5, 0.6) is 0 Å². The van der Waals surface area contributed by atoms with Gasteiger partial charge in [0.25, 0.3) is 5.91 Å². The van der Waals surface area contributed by atoms with Gasteiger partial charge < -0.3 is 0 Å². The van der Waals surface area contributed by atoms with Gasteiger partial charge in [-0.3, -0.25) is 4.79 Å². The van der Waals surface area contributed by atoms with Crippen LogP contribution < -0.4 is 5.43 Å². The van der Waals surface area contributed by atoms with Crippen LogP contribution in [0.3, 0.4) is 0 Å². The van der Waals surface area contributed by atoms with Crippen molar-refractivity contribution in [3.05, 3.63) is 56.2 Å². The molecule has 0 saturated carbocycles. The van der Waals surface area contributed by atoms with Crippen molar-refractivity contribution in [2.75, 3.05) is 0 Å². The minimum Gasteiger partial charge on any atom is -0.267 e. The summed E-state index contributed by atoms with van der Waals surface area (Å²) in [6.45, 7) is 2.08. The highest BCUT2D eigenvalue weighted by molar-refractivity contribution is 9.10. The number of carbonyl (C=O) groups is 1. The average Bonchev–Trinajstić information content (AvgIpc) is 2.84. The lowest BCUT2D eigenvalue weighted by atomic mass is 10.1. The predicted octanol–water partition coefficient (Wildman–Crippen LogP) is 3.84. The Bertz CT molecular complexity index is 590. The molecule has 1 aromatic heterocycles. The number of halogens is 1. The Balaban J connectivity index is 1.95. The Labute approximate surface area is 124 Å². The molecule has 19 heavy (non-hydrogen) atoms. The summed E-state index contributed by atoms with van der Waals surface area (Å²) in [6, 6.07) is 9.47. The maximum atomic E-state index is 11.8. The fraction of sp³-hybridized carbons (Fsp3) is 0.143. The van der Waals surface area contributed by atoms with Gasteiger partial charge in [0.1, 0.15) is 0 Å². The Morgan fingerprint density at radius 2 is 2.16 bits per heavy atom. The van der Waals surface area contributed by atoms with E-state index >= 15 is 0 Å². The lowest BCUT2D eigenvalue weighted by Crippen LogP contribution is -2.17. The van der Waals surface area contributed by atoms with Crippen molar-refractivity contribution in [1.29, 1.82) is 0 Å². The SMILES string of the molecule is CCc1ccc(C(=O)N/N=C\c2cc(Br)cs2)cc1. The summed E-state index contributed by atoms with van der Waals surface area (Å²) in [5.41, 5.74) is 4.34. The van der Waals surface area contributed by atoms with Crippen LogP contribution in [-0.4, -0.2) is 12.1 Å². The van der Waals surface area contributed by atoms with Gasteiger partial charge in [-0.05, 0) is 46.1 Å². The van der Waals surface area contributed by atoms with Crippen molar-refractivity contribution in [2.45, 2.75) is 13.3 Å². The monoisotopic (exact) mass is 336 g/mol. The van der Waals surface area contributed by atoms with Crippen LogP contribution in [0.15, 0.2) is 45.3 Å². The number of carbonyl (C=O) groups excluding carboxylic acids is 1. The van der Waals surface area contributed by atoms with Gasteiger partial charge in [-0.1, -0.05) is 19.1 Å². The van der Waals surface area contributed by atoms with Crippen molar-refractivity contribution in [1.82, 2.24) is 5.43 Å². The van der Waals surface area contributed by atoms with E-state index in [0.717, 1.165) is 15.8 Å². The third-order valence-corrected chi connectivity index (χ3v) is 4.20. The van der Waals surface area contributed by atoms with E-state index in [9.17, 15) is 4.79 Å². The molecule has 0 bridgehead atoms. The molecule has 0 fully saturated rings. The largest absolute Gasteiger partial charge is 0.271 e. The number of hydrazone groups is 1. The molecule has 1 aromatic carbocycles. The van der Waals surface area contributed by atoms with E-state index in [0.29, 0.717) is 5.56 Å². The molecule has 0 aliphatic carbocycles. The molecule has 0 unspecified atom stereocenters. The molecule has 0 saturated heterocycles. The first-order valence-electron chi connectivity index (χ1n) is 5.85. The topological polar surface area (TPSA) is 41.5 Å². The maximum Gasteiger partial charge on any atom is 0.271 e. The zero-order chi connectivity index (χ0) is 13.7. The average molecular weight is 337 g/mol. The number of amides is 1. The summed E-state index contributed by atoms with van der Waals surface area (Å²) in [7, 11) is 0. The molecule has 98 valence electrons. The zero-order valence-electron chi connectivity index (χ0n) is 10.4. The summed E-state index contributed by atoms with van der Waals surface area (Å²) in [5, 5.41) is 5.90. The van der Waals surface area contributed by atoms with Crippen molar-refractivity contribution in [2.24, 2.45) is 5.10 Å². The number of nitrogens with zero attached hydrogens (tertiary/aromatic N) is 1. The standard InChI is InChI=1S/C14H13BrN2OS/c1-2-10-3-5-11(6-4-10)14(18)17-16-8-13-7-12(15)9-19-13/h3-9H,2H2,1H3,(H,17,18)/b16-8-. The minimum atomic E-state index is -0.200. The smallest absolute Gasteiger partial charge is 0.267 e. The highest BCUT2D eigenvalue weighted by Crippen LogP contribution is 2.17. The van der Waals surface area contributed by atoms with Gasteiger partial charge in [0.15, 0.2) is 0 Å². The first-order valence-corrected chi connectivity index (χ1v) is 7.52. The van der Waals surface area contributed by atoms with Gasteiger partial charge in [-0.25, -0.2) is 5.43 Å². The second-order valence-corrected chi connectivity index (χ2v) is 5.78. The van der Waals surface area contributed by atoms with E-state index in [1.807, 2.05) is 35.7 Å². The predicted molar refractivity (Wildman–Crippen MR) is 82.9 cm³/mol. The molecule has 0 aliphatic rings. The number of aryl methyl sites for hydroxylation is 1. The molecule has 0 aliphatic heterocycles. The Hall–Kier alpha value is -1.46. The van der Waals surface area contributed by atoms with Gasteiger partial charge in [0.05, 0.1) is 6.21 Å². The first kappa shape index (κ1) is 14.0. The molecular weight excluding hydrogens is 324 g/mol. The number of hydrogen-bond acceptors (Lipinski definition) is 3. The quantitative estimate of drug-likeness (QED) is 0.668. The Morgan fingerprint density at radius 1 is 1.42 bits per heavy atom. The van der Waals surface area contributed by atoms with Gasteiger partial charge in [0.2, 0.25) is 0 Å². The van der Waals surface area contributed by atoms with Crippen LogP contribution in [0.4, 0.5) is 0 Å². The van der Waals surface area contributed by atoms with E-state index in [1.54, 1.807) is 17.6 Å². The molecule has 1 amide bonds. The summed E-state index contributed by atoms with van der Waals surface area (Å²) in [6.07, 6.45) is 2.60. The molecule has 0 spiro atoms. The normalized spacial score (nSPS) is 10.8. The molecule has 2 aromatic rings. The summed E-state index contributed by atoms with van der Waals surface area (Å²) >= 11 is 4.92. The van der Waals surface area contributed by atoms with Gasteiger partial charge in [-0.15, -0.1) is 11.3 Å². The van der Waals surface area contributed by atoms with Crippen molar-refractivity contribution < 1.29 is 4.79 Å². The van der Waals surface area contributed by atoms with Gasteiger partial charge in [-0.2, -0.15) is 5.10 Å². The Morgan fingerprint density at radius 3 is 2.74 bits per heavy atom. The summed E-state index contributed by atoms with van der Waals surface area (Å²) < 4.78 is 1.01. The van der Waals surface area contributed by atoms with Crippen LogP contribution in [0.2, 0.25) is 0 Å². The number of rotatable bonds is 4. The van der Waals surface area contributed by atoms with Crippen LogP contribution in [0, 0.1) is 0 Å². The number of benzene rings is 1. The van der Waals surface area contributed by atoms with Crippen LogP contribution in [0.1, 0.15) is 27.7 Å². The number of hydrogen-bond donors (Lipinski definition) is 1. The summed E-state index contributed by atoms with van der Waals surface area (Å²) in [5.74, 6) is -0.200. The maximum absolute atomic E-state index is 11.8. The second-order valence-electron chi connectivity index (χ2n) is 3.92. The van der Waals surface area contributed by atoms with E-state index in [2.05, 4.69) is 33.4 Å². The van der Waals surface area contributed by atoms with Crippen molar-refractivity contribution in [3.63, 3.8) is 0 Å². The first-order chi connectivity index (χ1) is 9.19. The summed E-state index contributed by atoms with van der Waals surface area (Å²) in [4.78, 5) is 12.8. The molecule has 0 radical (unpaired) electrons. The second kappa shape index (κ2) is 6.63. The lowest BCUT2D eigenvalue weighted by molar-refractivity contribution is 0.0955. The zero-order valence-corrected chi connectivity index (χ0v) is 12.8. The highest BCUT2D eigenvalue weighted by atomic mass is 79.9. The Kier molecular flexibility index (Phi) is 4.87. The highest BCUT2D eigenvalue weighted by Gasteiger charge is 2.03. The van der Waals surface area contributed by atoms with Gasteiger partial charge >= 0.3 is 0 Å². The lowest BCUT2D eigenvalue weighted by Gasteiger charge is -2.00. The minimum absolute atomic E-state index is 0.200. The molecule has 2 rings (SSSR count). The van der Waals surface area contributed by atoms with E-state index in [1.165, 1.54) is 5.56 Å². The van der Waals surface area contributed by atoms with Crippen molar-refractivity contribution in [3.8, 4) is 0 Å². The molecular formula is C14H13BrN2OS. The van der Waals surface area contributed by atoms with E-state index in [4.69, 9.17) is 0 Å². The van der Waals surface area contributed by atoms with E-state index in [-0.39, 0.29) is 5.91 Å². The van der Waals surface area contributed by atoms with Crippen LogP contribution >= 0.6 is 27.3 Å². The van der Waals surface area contributed by atoms with Gasteiger partial charge in [0, 0.05) is 20.3 Å². The third-order valence-electron chi connectivity index (χ3n) is 2.57. The number of thiophene rings is 1. The molecule has 1 N–H and O–H groups in total. The molecule has 1 heterocycles. The third kappa shape index (κ3) is 4.01. The van der Waals surface area contributed by atoms with Crippen LogP contribution in [-0.2, 0) is 6.42 Å². The number of nitrogens with one attached hydrogen (secondary N) is 1. The molecule has 5 heteroatoms. The van der Waals surface area contributed by atoms with E-state index < -0.39 is 0 Å².